The van der Waals surface area contributed by atoms with Crippen molar-refractivity contribution < 1.29 is 0 Å². The van der Waals surface area contributed by atoms with E-state index in [0.717, 1.165) is 16.6 Å². The van der Waals surface area contributed by atoms with Crippen LogP contribution in [0.1, 0.15) is 17.3 Å². The highest BCUT2D eigenvalue weighted by molar-refractivity contribution is 9.10. The zero-order chi connectivity index (χ0) is 14.8. The van der Waals surface area contributed by atoms with Gasteiger partial charge in [0.25, 0.3) is 0 Å². The van der Waals surface area contributed by atoms with Gasteiger partial charge in [0.15, 0.2) is 0 Å². The maximum absolute atomic E-state index is 4.69. The number of aryl methyl sites for hydroxylation is 1. The molecule has 0 amide bonds. The van der Waals surface area contributed by atoms with Gasteiger partial charge in [-0.25, -0.2) is 0 Å². The molecule has 0 aliphatic heterocycles. The predicted octanol–water partition coefficient (Wildman–Crippen LogP) is 3.84. The summed E-state index contributed by atoms with van der Waals surface area (Å²) in [6, 6.07) is 17.1. The summed E-state index contributed by atoms with van der Waals surface area (Å²) in [6.45, 7) is 0. The molecule has 0 saturated carbocycles. The van der Waals surface area contributed by atoms with Crippen molar-refractivity contribution in [3.8, 4) is 0 Å². The second-order valence-electron chi connectivity index (χ2n) is 5.18. The first-order chi connectivity index (χ1) is 10.2. The number of benzene rings is 2. The fourth-order valence-electron chi connectivity index (χ4n) is 2.71. The van der Waals surface area contributed by atoms with E-state index in [0.29, 0.717) is 0 Å². The number of rotatable bonds is 4. The van der Waals surface area contributed by atoms with Crippen molar-refractivity contribution in [2.45, 2.75) is 12.5 Å². The van der Waals surface area contributed by atoms with Crippen LogP contribution < -0.4 is 5.32 Å². The van der Waals surface area contributed by atoms with E-state index >= 15 is 0 Å². The Morgan fingerprint density at radius 3 is 2.57 bits per heavy atom. The Bertz CT molecular complexity index is 746. The van der Waals surface area contributed by atoms with Crippen molar-refractivity contribution in [2.24, 2.45) is 7.05 Å². The molecule has 0 aliphatic carbocycles. The van der Waals surface area contributed by atoms with Gasteiger partial charge in [-0.3, -0.25) is 4.68 Å². The van der Waals surface area contributed by atoms with Crippen molar-refractivity contribution >= 4 is 26.8 Å². The third-order valence-electron chi connectivity index (χ3n) is 3.85. The number of nitrogens with zero attached hydrogens (tertiary/aromatic N) is 2. The summed E-state index contributed by atoms with van der Waals surface area (Å²) < 4.78 is 3.06. The van der Waals surface area contributed by atoms with E-state index in [9.17, 15) is 0 Å². The first-order valence-corrected chi connectivity index (χ1v) is 7.81. The molecule has 0 aliphatic rings. The van der Waals surface area contributed by atoms with Gasteiger partial charge in [-0.15, -0.1) is 0 Å². The lowest BCUT2D eigenvalue weighted by molar-refractivity contribution is 0.579. The quantitative estimate of drug-likeness (QED) is 0.779. The molecule has 1 unspecified atom stereocenters. The smallest absolute Gasteiger partial charge is 0.0722 e. The fraction of sp³-hybridized carbons (Fsp3) is 0.235. The minimum Gasteiger partial charge on any atom is -0.313 e. The number of para-hydroxylation sites is 1. The summed E-state index contributed by atoms with van der Waals surface area (Å²) in [4.78, 5) is 0. The number of halogens is 1. The fourth-order valence-corrected chi connectivity index (χ4v) is 2.98. The lowest BCUT2D eigenvalue weighted by Crippen LogP contribution is -2.19. The van der Waals surface area contributed by atoms with Crippen LogP contribution in [0.15, 0.2) is 53.0 Å². The highest BCUT2D eigenvalue weighted by atomic mass is 79.9. The van der Waals surface area contributed by atoms with E-state index in [2.05, 4.69) is 74.9 Å². The largest absolute Gasteiger partial charge is 0.313 e. The lowest BCUT2D eigenvalue weighted by Gasteiger charge is -2.15. The Kier molecular flexibility index (Phi) is 4.08. The van der Waals surface area contributed by atoms with Crippen LogP contribution in [0.5, 0.6) is 0 Å². The molecule has 3 aromatic rings. The monoisotopic (exact) mass is 343 g/mol. The van der Waals surface area contributed by atoms with Crippen molar-refractivity contribution in [3.05, 3.63) is 64.3 Å². The van der Waals surface area contributed by atoms with Crippen LogP contribution in [0.2, 0.25) is 0 Å². The van der Waals surface area contributed by atoms with E-state index in [1.807, 2.05) is 18.8 Å². The van der Waals surface area contributed by atoms with Crippen molar-refractivity contribution in [2.75, 3.05) is 7.05 Å². The van der Waals surface area contributed by atoms with E-state index in [-0.39, 0.29) is 6.04 Å². The minimum atomic E-state index is 0.261. The van der Waals surface area contributed by atoms with Crippen molar-refractivity contribution in [1.29, 1.82) is 0 Å². The van der Waals surface area contributed by atoms with Gasteiger partial charge < -0.3 is 5.32 Å². The van der Waals surface area contributed by atoms with Gasteiger partial charge in [0.05, 0.1) is 11.2 Å². The highest BCUT2D eigenvalue weighted by Crippen LogP contribution is 2.24. The van der Waals surface area contributed by atoms with Gasteiger partial charge in [0.1, 0.15) is 0 Å². The van der Waals surface area contributed by atoms with Gasteiger partial charge >= 0.3 is 0 Å². The van der Waals surface area contributed by atoms with Crippen LogP contribution in [0.3, 0.4) is 0 Å². The molecule has 0 spiro atoms. The number of hydrogen-bond donors (Lipinski definition) is 1. The van der Waals surface area contributed by atoms with Crippen molar-refractivity contribution in [3.63, 3.8) is 0 Å². The van der Waals surface area contributed by atoms with Gasteiger partial charge in [0.2, 0.25) is 0 Å². The number of aromatic nitrogens is 2. The maximum Gasteiger partial charge on any atom is 0.0722 e. The Balaban J connectivity index is 1.94. The van der Waals surface area contributed by atoms with E-state index in [4.69, 9.17) is 0 Å². The molecular weight excluding hydrogens is 326 g/mol. The topological polar surface area (TPSA) is 29.9 Å². The number of fused-ring (bicyclic) bond motifs is 1. The number of hydrogen-bond acceptors (Lipinski definition) is 2. The standard InChI is InChI=1S/C17H18BrN3/c1-19-15(12-7-9-13(18)10-8-12)11-16-14-5-3-4-6-17(14)21(2)20-16/h3-10,15,19H,11H2,1-2H3. The van der Waals surface area contributed by atoms with Crippen LogP contribution in [-0.4, -0.2) is 16.8 Å². The van der Waals surface area contributed by atoms with Gasteiger partial charge in [-0.05, 0) is 30.8 Å². The molecule has 1 heterocycles. The molecule has 1 atom stereocenters. The molecule has 0 saturated heterocycles. The molecule has 108 valence electrons. The Morgan fingerprint density at radius 1 is 1.14 bits per heavy atom. The lowest BCUT2D eigenvalue weighted by atomic mass is 10.0. The second-order valence-corrected chi connectivity index (χ2v) is 6.10. The minimum absolute atomic E-state index is 0.261. The summed E-state index contributed by atoms with van der Waals surface area (Å²) in [7, 11) is 4.00. The zero-order valence-corrected chi connectivity index (χ0v) is 13.8. The molecule has 1 aromatic heterocycles. The third-order valence-corrected chi connectivity index (χ3v) is 4.38. The SMILES string of the molecule is CNC(Cc1nn(C)c2ccccc12)c1ccc(Br)cc1. The molecule has 3 nitrogen and oxygen atoms in total. The number of likely N-dealkylation sites (N-methyl/N-ethyl adjacent to an activating group) is 1. The molecule has 4 heteroatoms. The van der Waals surface area contributed by atoms with Gasteiger partial charge in [-0.1, -0.05) is 46.3 Å². The molecule has 1 N–H and O–H groups in total. The maximum atomic E-state index is 4.69. The molecule has 0 bridgehead atoms. The average Bonchev–Trinajstić information content (AvgIpc) is 2.83. The average molecular weight is 344 g/mol. The van der Waals surface area contributed by atoms with Crippen LogP contribution in [0, 0.1) is 0 Å². The van der Waals surface area contributed by atoms with Gasteiger partial charge in [-0.2, -0.15) is 5.10 Å². The summed E-state index contributed by atoms with van der Waals surface area (Å²) in [6.07, 6.45) is 0.874. The Hall–Kier alpha value is -1.65. The molecule has 2 aromatic carbocycles. The van der Waals surface area contributed by atoms with E-state index in [1.54, 1.807) is 0 Å². The van der Waals surface area contributed by atoms with Crippen LogP contribution in [0.4, 0.5) is 0 Å². The van der Waals surface area contributed by atoms with Crippen LogP contribution in [-0.2, 0) is 13.5 Å². The van der Waals surface area contributed by atoms with E-state index < -0.39 is 0 Å². The van der Waals surface area contributed by atoms with Crippen LogP contribution >= 0.6 is 15.9 Å². The first kappa shape index (κ1) is 14.3. The Labute approximate surface area is 133 Å². The molecule has 0 radical (unpaired) electrons. The zero-order valence-electron chi connectivity index (χ0n) is 12.2. The third kappa shape index (κ3) is 2.87. The van der Waals surface area contributed by atoms with Crippen LogP contribution in [0.25, 0.3) is 10.9 Å². The summed E-state index contributed by atoms with van der Waals surface area (Å²) in [5.74, 6) is 0. The molecule has 21 heavy (non-hydrogen) atoms. The van der Waals surface area contributed by atoms with Gasteiger partial charge in [0, 0.05) is 29.4 Å². The van der Waals surface area contributed by atoms with E-state index in [1.165, 1.54) is 16.5 Å². The second kappa shape index (κ2) is 6.00. The van der Waals surface area contributed by atoms with Crippen molar-refractivity contribution in [1.82, 2.24) is 15.1 Å². The number of nitrogens with one attached hydrogen (secondary N) is 1. The first-order valence-electron chi connectivity index (χ1n) is 7.02. The highest BCUT2D eigenvalue weighted by Gasteiger charge is 2.15. The summed E-state index contributed by atoms with van der Waals surface area (Å²) in [5, 5.41) is 9.32. The molecule has 3 rings (SSSR count). The normalized spacial score (nSPS) is 12.7. The predicted molar refractivity (Wildman–Crippen MR) is 90.4 cm³/mol. The summed E-state index contributed by atoms with van der Waals surface area (Å²) in [5.41, 5.74) is 3.59. The Morgan fingerprint density at radius 2 is 1.86 bits per heavy atom. The summed E-state index contributed by atoms with van der Waals surface area (Å²) >= 11 is 3.48. The molecule has 0 fully saturated rings. The molecular formula is C17H18BrN3.